The van der Waals surface area contributed by atoms with E-state index in [0.717, 1.165) is 6.42 Å². The highest BCUT2D eigenvalue weighted by atomic mass is 16.5. The van der Waals surface area contributed by atoms with Gasteiger partial charge in [-0.1, -0.05) is 6.92 Å². The van der Waals surface area contributed by atoms with Gasteiger partial charge in [-0.25, -0.2) is 14.5 Å². The Morgan fingerprint density at radius 1 is 1.28 bits per heavy atom. The molecule has 2 aromatic heterocycles. The number of ether oxygens (including phenoxy) is 1. The topological polar surface area (TPSA) is 106 Å². The minimum absolute atomic E-state index is 0.0792. The lowest BCUT2D eigenvalue weighted by molar-refractivity contribution is 0.0696. The quantitative estimate of drug-likeness (QED) is 0.629. The summed E-state index contributed by atoms with van der Waals surface area (Å²) in [5, 5.41) is 17.2. The Kier molecular flexibility index (Phi) is 5.93. The van der Waals surface area contributed by atoms with Crippen LogP contribution in [0.5, 0.6) is 0 Å². The zero-order valence-corrected chi connectivity index (χ0v) is 16.9. The molecule has 0 aliphatic carbocycles. The number of pyridine rings is 1. The largest absolute Gasteiger partial charge is 0.478 e. The number of nitrogens with zero attached hydrogens (tertiary/aromatic N) is 3. The highest BCUT2D eigenvalue weighted by Crippen LogP contribution is 2.24. The Labute approximate surface area is 168 Å². The number of amides is 1. The number of rotatable bonds is 7. The van der Waals surface area contributed by atoms with Crippen LogP contribution in [0.15, 0.2) is 30.5 Å². The van der Waals surface area contributed by atoms with E-state index < -0.39 is 5.97 Å². The molecule has 3 rings (SSSR count). The highest BCUT2D eigenvalue weighted by molar-refractivity contribution is 6.12. The molecule has 8 nitrogen and oxygen atoms in total. The van der Waals surface area contributed by atoms with Gasteiger partial charge in [0.15, 0.2) is 5.65 Å². The molecule has 0 saturated heterocycles. The van der Waals surface area contributed by atoms with Crippen LogP contribution in [0, 0.1) is 6.92 Å². The Morgan fingerprint density at radius 3 is 2.69 bits per heavy atom. The number of anilines is 1. The summed E-state index contributed by atoms with van der Waals surface area (Å²) < 4.78 is 6.91. The summed E-state index contributed by atoms with van der Waals surface area (Å²) in [6.45, 7) is 6.18. The molecule has 2 N–H and O–H groups in total. The minimum Gasteiger partial charge on any atom is -0.478 e. The molecule has 0 spiro atoms. The third-order valence-corrected chi connectivity index (χ3v) is 4.76. The van der Waals surface area contributed by atoms with Crippen LogP contribution in [0.3, 0.4) is 0 Å². The lowest BCUT2D eigenvalue weighted by Gasteiger charge is -2.12. The van der Waals surface area contributed by atoms with Crippen LogP contribution in [-0.2, 0) is 11.3 Å². The molecule has 1 amide bonds. The van der Waals surface area contributed by atoms with Crippen molar-refractivity contribution in [2.45, 2.75) is 39.8 Å². The molecule has 0 aliphatic rings. The lowest BCUT2D eigenvalue weighted by Crippen LogP contribution is -2.14. The van der Waals surface area contributed by atoms with Crippen molar-refractivity contribution in [1.82, 2.24) is 14.8 Å². The Bertz CT molecular complexity index is 1070. The van der Waals surface area contributed by atoms with Gasteiger partial charge in [0, 0.05) is 18.5 Å². The molecule has 0 radical (unpaired) electrons. The third kappa shape index (κ3) is 4.27. The summed E-state index contributed by atoms with van der Waals surface area (Å²) in [6, 6.07) is 6.50. The van der Waals surface area contributed by atoms with Gasteiger partial charge in [-0.05, 0) is 50.1 Å². The number of fused-ring (bicyclic) bond motifs is 1. The molecule has 152 valence electrons. The number of carbonyl (C=O) groups excluding carboxylic acids is 1. The van der Waals surface area contributed by atoms with E-state index in [1.165, 1.54) is 19.2 Å². The molecule has 1 atom stereocenters. The standard InChI is InChI=1S/C21H24N4O4/c1-5-13(3)25-19-18(10-22-25)17(6-12(2)23-19)20(26)24-16-8-14(11-29-4)7-15(9-16)21(27)28/h6-10,13H,5,11H2,1-4H3,(H,24,26)(H,27,28). The fraction of sp³-hybridized carbons (Fsp3) is 0.333. The Hall–Kier alpha value is -3.26. The predicted molar refractivity (Wildman–Crippen MR) is 109 cm³/mol. The fourth-order valence-corrected chi connectivity index (χ4v) is 3.16. The van der Waals surface area contributed by atoms with E-state index in [9.17, 15) is 14.7 Å². The molecule has 8 heteroatoms. The number of carboxylic acid groups (broad SMARTS) is 1. The van der Waals surface area contributed by atoms with Gasteiger partial charge < -0.3 is 15.2 Å². The van der Waals surface area contributed by atoms with Crippen molar-refractivity contribution in [1.29, 1.82) is 0 Å². The summed E-state index contributed by atoms with van der Waals surface area (Å²) in [5.74, 6) is -1.43. The average Bonchev–Trinajstić information content (AvgIpc) is 3.10. The summed E-state index contributed by atoms with van der Waals surface area (Å²) in [4.78, 5) is 29.0. The third-order valence-electron chi connectivity index (χ3n) is 4.76. The van der Waals surface area contributed by atoms with Crippen LogP contribution in [0.2, 0.25) is 0 Å². The normalized spacial score (nSPS) is 12.1. The monoisotopic (exact) mass is 396 g/mol. The van der Waals surface area contributed by atoms with E-state index in [4.69, 9.17) is 4.74 Å². The van der Waals surface area contributed by atoms with Gasteiger partial charge in [-0.3, -0.25) is 4.79 Å². The van der Waals surface area contributed by atoms with Crippen molar-refractivity contribution < 1.29 is 19.4 Å². The van der Waals surface area contributed by atoms with Crippen LogP contribution in [0.4, 0.5) is 5.69 Å². The molecule has 0 bridgehead atoms. The number of aryl methyl sites for hydroxylation is 1. The number of hydrogen-bond acceptors (Lipinski definition) is 5. The summed E-state index contributed by atoms with van der Waals surface area (Å²) in [5.41, 5.74) is 2.92. The van der Waals surface area contributed by atoms with Crippen LogP contribution >= 0.6 is 0 Å². The number of aromatic nitrogens is 3. The number of nitrogens with one attached hydrogen (secondary N) is 1. The molecule has 1 aromatic carbocycles. The van der Waals surface area contributed by atoms with Crippen molar-refractivity contribution in [2.24, 2.45) is 0 Å². The van der Waals surface area contributed by atoms with Crippen LogP contribution in [0.1, 0.15) is 58.3 Å². The SMILES string of the molecule is CCC(C)n1ncc2c(C(=O)Nc3cc(COC)cc(C(=O)O)c3)cc(C)nc21. The first-order chi connectivity index (χ1) is 13.8. The van der Waals surface area contributed by atoms with E-state index in [1.54, 1.807) is 18.3 Å². The second-order valence-electron chi connectivity index (χ2n) is 7.01. The number of carbonyl (C=O) groups is 2. The van der Waals surface area contributed by atoms with Gasteiger partial charge in [0.25, 0.3) is 5.91 Å². The smallest absolute Gasteiger partial charge is 0.335 e. The predicted octanol–water partition coefficient (Wildman–Crippen LogP) is 3.81. The van der Waals surface area contributed by atoms with Crippen molar-refractivity contribution in [3.8, 4) is 0 Å². The van der Waals surface area contributed by atoms with Crippen molar-refractivity contribution in [3.05, 3.63) is 52.8 Å². The number of benzene rings is 1. The molecule has 3 aromatic rings. The molecule has 0 fully saturated rings. The van der Waals surface area contributed by atoms with E-state index >= 15 is 0 Å². The summed E-state index contributed by atoms with van der Waals surface area (Å²) in [6.07, 6.45) is 2.53. The minimum atomic E-state index is -1.07. The molecule has 0 aliphatic heterocycles. The van der Waals surface area contributed by atoms with E-state index in [1.807, 2.05) is 18.5 Å². The number of methoxy groups -OCH3 is 1. The number of hydrogen-bond donors (Lipinski definition) is 2. The Morgan fingerprint density at radius 2 is 2.03 bits per heavy atom. The van der Waals surface area contributed by atoms with Crippen molar-refractivity contribution in [2.75, 3.05) is 12.4 Å². The van der Waals surface area contributed by atoms with Crippen molar-refractivity contribution >= 4 is 28.6 Å². The first-order valence-electron chi connectivity index (χ1n) is 9.36. The average molecular weight is 396 g/mol. The van der Waals surface area contributed by atoms with Crippen LogP contribution in [0.25, 0.3) is 11.0 Å². The Balaban J connectivity index is 2.00. The molecule has 0 saturated carbocycles. The maximum atomic E-state index is 13.0. The van der Waals surface area contributed by atoms with Crippen LogP contribution in [-0.4, -0.2) is 38.9 Å². The number of carboxylic acids is 1. The highest BCUT2D eigenvalue weighted by Gasteiger charge is 2.18. The maximum Gasteiger partial charge on any atom is 0.335 e. The zero-order valence-electron chi connectivity index (χ0n) is 16.9. The van der Waals surface area contributed by atoms with E-state index in [2.05, 4.69) is 22.3 Å². The molecule has 2 heterocycles. The van der Waals surface area contributed by atoms with Gasteiger partial charge in [0.1, 0.15) is 0 Å². The second kappa shape index (κ2) is 8.40. The van der Waals surface area contributed by atoms with Gasteiger partial charge in [0.05, 0.1) is 35.4 Å². The fourth-order valence-electron chi connectivity index (χ4n) is 3.16. The summed E-state index contributed by atoms with van der Waals surface area (Å²) >= 11 is 0. The summed E-state index contributed by atoms with van der Waals surface area (Å²) in [7, 11) is 1.52. The zero-order chi connectivity index (χ0) is 21.1. The maximum absolute atomic E-state index is 13.0. The van der Waals surface area contributed by atoms with Crippen LogP contribution < -0.4 is 5.32 Å². The molecular weight excluding hydrogens is 372 g/mol. The van der Waals surface area contributed by atoms with E-state index in [-0.39, 0.29) is 24.1 Å². The number of aromatic carboxylic acids is 1. The van der Waals surface area contributed by atoms with E-state index in [0.29, 0.717) is 33.5 Å². The van der Waals surface area contributed by atoms with Gasteiger partial charge in [0.2, 0.25) is 0 Å². The van der Waals surface area contributed by atoms with Gasteiger partial charge in [-0.15, -0.1) is 0 Å². The molecule has 1 unspecified atom stereocenters. The van der Waals surface area contributed by atoms with Gasteiger partial charge >= 0.3 is 5.97 Å². The van der Waals surface area contributed by atoms with Gasteiger partial charge in [-0.2, -0.15) is 5.10 Å². The van der Waals surface area contributed by atoms with Crippen molar-refractivity contribution in [3.63, 3.8) is 0 Å². The second-order valence-corrected chi connectivity index (χ2v) is 7.01. The molecular formula is C21H24N4O4. The first-order valence-corrected chi connectivity index (χ1v) is 9.36. The first kappa shape index (κ1) is 20.5. The lowest BCUT2D eigenvalue weighted by atomic mass is 10.1. The molecule has 29 heavy (non-hydrogen) atoms.